The van der Waals surface area contributed by atoms with Crippen molar-refractivity contribution in [2.45, 2.75) is 25.3 Å². The number of aliphatic hydroxyl groups excluding tert-OH is 1. The second-order valence-electron chi connectivity index (χ2n) is 4.27. The second kappa shape index (κ2) is 6.34. The number of aliphatic carboxylic acids is 1. The van der Waals surface area contributed by atoms with Gasteiger partial charge < -0.3 is 19.8 Å². The standard InChI is InChI=1S/C11H17NO6/c1-18-10(15)3-2-8(11(16)17)12-5-7(6-13)4-9(12)14/h7-8,13H,2-6H2,1H3,(H,16,17)/t7?,8-/m0/s1. The van der Waals surface area contributed by atoms with Gasteiger partial charge in [-0.2, -0.15) is 0 Å². The summed E-state index contributed by atoms with van der Waals surface area (Å²) in [5.41, 5.74) is 0. The van der Waals surface area contributed by atoms with Crippen LogP contribution in [0.1, 0.15) is 19.3 Å². The number of rotatable bonds is 6. The zero-order valence-corrected chi connectivity index (χ0v) is 10.2. The van der Waals surface area contributed by atoms with Gasteiger partial charge in [-0.1, -0.05) is 0 Å². The Morgan fingerprint density at radius 3 is 2.67 bits per heavy atom. The number of carbonyl (C=O) groups is 3. The molecule has 1 amide bonds. The van der Waals surface area contributed by atoms with Crippen LogP contribution in [0.4, 0.5) is 0 Å². The zero-order chi connectivity index (χ0) is 13.7. The van der Waals surface area contributed by atoms with Crippen LogP contribution in [0.25, 0.3) is 0 Å². The van der Waals surface area contributed by atoms with Crippen LogP contribution in [0.2, 0.25) is 0 Å². The number of amides is 1. The van der Waals surface area contributed by atoms with Gasteiger partial charge in [0.05, 0.1) is 7.11 Å². The van der Waals surface area contributed by atoms with E-state index < -0.39 is 18.0 Å². The van der Waals surface area contributed by atoms with Crippen molar-refractivity contribution < 1.29 is 29.3 Å². The van der Waals surface area contributed by atoms with E-state index in [-0.39, 0.29) is 44.2 Å². The van der Waals surface area contributed by atoms with Crippen molar-refractivity contribution in [3.63, 3.8) is 0 Å². The lowest BCUT2D eigenvalue weighted by atomic mass is 10.1. The molecule has 1 unspecified atom stereocenters. The zero-order valence-electron chi connectivity index (χ0n) is 10.2. The van der Waals surface area contributed by atoms with Crippen LogP contribution in [0.15, 0.2) is 0 Å². The molecule has 0 saturated carbocycles. The summed E-state index contributed by atoms with van der Waals surface area (Å²) in [4.78, 5) is 35.0. The highest BCUT2D eigenvalue weighted by Gasteiger charge is 2.37. The molecule has 7 nitrogen and oxygen atoms in total. The molecule has 0 bridgehead atoms. The number of likely N-dealkylation sites (tertiary alicyclic amines) is 1. The highest BCUT2D eigenvalue weighted by atomic mass is 16.5. The van der Waals surface area contributed by atoms with Gasteiger partial charge in [0.2, 0.25) is 5.91 Å². The lowest BCUT2D eigenvalue weighted by Gasteiger charge is -2.24. The number of methoxy groups -OCH3 is 1. The fourth-order valence-corrected chi connectivity index (χ4v) is 2.00. The van der Waals surface area contributed by atoms with Gasteiger partial charge in [-0.05, 0) is 6.42 Å². The van der Waals surface area contributed by atoms with Crippen molar-refractivity contribution in [2.75, 3.05) is 20.3 Å². The summed E-state index contributed by atoms with van der Waals surface area (Å²) < 4.78 is 4.44. The molecule has 2 N–H and O–H groups in total. The molecule has 0 aromatic rings. The third kappa shape index (κ3) is 3.43. The van der Waals surface area contributed by atoms with Gasteiger partial charge >= 0.3 is 11.9 Å². The molecule has 7 heteroatoms. The average Bonchev–Trinajstić information content (AvgIpc) is 2.70. The summed E-state index contributed by atoms with van der Waals surface area (Å²) >= 11 is 0. The van der Waals surface area contributed by atoms with E-state index >= 15 is 0 Å². The first kappa shape index (κ1) is 14.4. The molecule has 0 spiro atoms. The van der Waals surface area contributed by atoms with E-state index in [4.69, 9.17) is 10.2 Å². The molecule has 1 fully saturated rings. The molecule has 0 aromatic heterocycles. The van der Waals surface area contributed by atoms with E-state index in [1.807, 2.05) is 0 Å². The van der Waals surface area contributed by atoms with Crippen LogP contribution in [0, 0.1) is 5.92 Å². The number of hydrogen-bond donors (Lipinski definition) is 2. The lowest BCUT2D eigenvalue weighted by Crippen LogP contribution is -2.42. The third-order valence-corrected chi connectivity index (χ3v) is 3.01. The molecule has 1 heterocycles. The molecule has 1 aliphatic heterocycles. The van der Waals surface area contributed by atoms with Gasteiger partial charge in [-0.15, -0.1) is 0 Å². The monoisotopic (exact) mass is 259 g/mol. The Labute approximate surface area is 104 Å². The molecular formula is C11H17NO6. The Morgan fingerprint density at radius 2 is 2.22 bits per heavy atom. The van der Waals surface area contributed by atoms with E-state index in [0.717, 1.165) is 0 Å². The van der Waals surface area contributed by atoms with E-state index in [9.17, 15) is 14.4 Å². The van der Waals surface area contributed by atoms with Gasteiger partial charge in [0.15, 0.2) is 0 Å². The Balaban J connectivity index is 2.65. The van der Waals surface area contributed by atoms with Crippen molar-refractivity contribution in [1.82, 2.24) is 4.90 Å². The first-order valence-electron chi connectivity index (χ1n) is 5.69. The van der Waals surface area contributed by atoms with Crippen LogP contribution >= 0.6 is 0 Å². The number of carbonyl (C=O) groups excluding carboxylic acids is 2. The van der Waals surface area contributed by atoms with E-state index in [1.165, 1.54) is 12.0 Å². The number of carboxylic acids is 1. The van der Waals surface area contributed by atoms with Crippen molar-refractivity contribution >= 4 is 17.8 Å². The number of carboxylic acid groups (broad SMARTS) is 1. The minimum absolute atomic E-state index is 0.0197. The highest BCUT2D eigenvalue weighted by Crippen LogP contribution is 2.22. The van der Waals surface area contributed by atoms with Crippen LogP contribution in [-0.2, 0) is 19.1 Å². The normalized spacial score (nSPS) is 20.9. The summed E-state index contributed by atoms with van der Waals surface area (Å²) in [5.74, 6) is -2.18. The van der Waals surface area contributed by atoms with Gasteiger partial charge in [-0.25, -0.2) is 4.79 Å². The summed E-state index contributed by atoms with van der Waals surface area (Å²) in [6, 6.07) is -1.03. The minimum Gasteiger partial charge on any atom is -0.480 e. The van der Waals surface area contributed by atoms with Crippen molar-refractivity contribution in [2.24, 2.45) is 5.92 Å². The quantitative estimate of drug-likeness (QED) is 0.607. The first-order chi connectivity index (χ1) is 8.49. The van der Waals surface area contributed by atoms with Crippen LogP contribution in [-0.4, -0.2) is 59.3 Å². The molecule has 0 radical (unpaired) electrons. The fraction of sp³-hybridized carbons (Fsp3) is 0.727. The molecule has 0 aliphatic carbocycles. The van der Waals surface area contributed by atoms with Crippen molar-refractivity contribution in [3.8, 4) is 0 Å². The van der Waals surface area contributed by atoms with E-state index in [1.54, 1.807) is 0 Å². The fourth-order valence-electron chi connectivity index (χ4n) is 2.00. The number of aliphatic hydroxyl groups is 1. The maximum Gasteiger partial charge on any atom is 0.326 e. The third-order valence-electron chi connectivity index (χ3n) is 3.01. The predicted molar refractivity (Wildman–Crippen MR) is 59.6 cm³/mol. The largest absolute Gasteiger partial charge is 0.480 e. The Kier molecular flexibility index (Phi) is 5.08. The highest BCUT2D eigenvalue weighted by molar-refractivity contribution is 5.85. The topological polar surface area (TPSA) is 104 Å². The summed E-state index contributed by atoms with van der Waals surface area (Å²) in [6.07, 6.45) is 0.117. The van der Waals surface area contributed by atoms with Crippen LogP contribution < -0.4 is 0 Å². The summed E-state index contributed by atoms with van der Waals surface area (Å²) in [7, 11) is 1.22. The Morgan fingerprint density at radius 1 is 1.56 bits per heavy atom. The van der Waals surface area contributed by atoms with Crippen LogP contribution in [0.5, 0.6) is 0 Å². The summed E-state index contributed by atoms with van der Waals surface area (Å²) in [6.45, 7) is 0.0685. The number of hydrogen-bond acceptors (Lipinski definition) is 5. The van der Waals surface area contributed by atoms with Crippen LogP contribution in [0.3, 0.4) is 0 Å². The summed E-state index contributed by atoms with van der Waals surface area (Å²) in [5, 5.41) is 18.1. The number of ether oxygens (including phenoxy) is 1. The SMILES string of the molecule is COC(=O)CC[C@@H](C(=O)O)N1CC(CO)CC1=O. The number of nitrogens with zero attached hydrogens (tertiary/aromatic N) is 1. The minimum atomic E-state index is -1.15. The Hall–Kier alpha value is -1.63. The molecule has 0 aromatic carbocycles. The Bertz CT molecular complexity index is 342. The first-order valence-corrected chi connectivity index (χ1v) is 5.69. The lowest BCUT2D eigenvalue weighted by molar-refractivity contribution is -0.149. The molecule has 1 aliphatic rings. The van der Waals surface area contributed by atoms with Crippen molar-refractivity contribution in [3.05, 3.63) is 0 Å². The smallest absolute Gasteiger partial charge is 0.326 e. The molecule has 1 rings (SSSR count). The van der Waals surface area contributed by atoms with E-state index in [0.29, 0.717) is 0 Å². The molecule has 1 saturated heterocycles. The maximum atomic E-state index is 11.6. The molecule has 102 valence electrons. The molecular weight excluding hydrogens is 242 g/mol. The molecule has 18 heavy (non-hydrogen) atoms. The average molecular weight is 259 g/mol. The maximum absolute atomic E-state index is 11.6. The van der Waals surface area contributed by atoms with Gasteiger partial charge in [-0.3, -0.25) is 9.59 Å². The number of esters is 1. The van der Waals surface area contributed by atoms with Crippen molar-refractivity contribution in [1.29, 1.82) is 0 Å². The predicted octanol–water partition coefficient (Wildman–Crippen LogP) is -0.766. The second-order valence-corrected chi connectivity index (χ2v) is 4.27. The van der Waals surface area contributed by atoms with Gasteiger partial charge in [0.25, 0.3) is 0 Å². The van der Waals surface area contributed by atoms with Gasteiger partial charge in [0.1, 0.15) is 6.04 Å². The van der Waals surface area contributed by atoms with Gasteiger partial charge in [0, 0.05) is 31.9 Å². The molecule has 2 atom stereocenters. The van der Waals surface area contributed by atoms with E-state index in [2.05, 4.69) is 4.74 Å².